The smallest absolute Gasteiger partial charge is 0.258 e. The summed E-state index contributed by atoms with van der Waals surface area (Å²) in [5, 5.41) is 10.0. The Bertz CT molecular complexity index is 1280. The summed E-state index contributed by atoms with van der Waals surface area (Å²) in [6.45, 7) is 1.87. The molecule has 0 aliphatic heterocycles. The van der Waals surface area contributed by atoms with E-state index in [9.17, 15) is 4.79 Å². The number of aryl methyl sites for hydroxylation is 1. The third-order valence-electron chi connectivity index (χ3n) is 4.11. The van der Waals surface area contributed by atoms with E-state index >= 15 is 0 Å². The summed E-state index contributed by atoms with van der Waals surface area (Å²) in [6.07, 6.45) is 3.95. The number of nitrogens with one attached hydrogen (secondary N) is 1. The van der Waals surface area contributed by atoms with Crippen molar-refractivity contribution in [1.82, 2.24) is 19.4 Å². The molecule has 1 N–H and O–H groups in total. The van der Waals surface area contributed by atoms with Gasteiger partial charge in [0.2, 0.25) is 0 Å². The summed E-state index contributed by atoms with van der Waals surface area (Å²) in [5.74, 6) is 0.511. The highest BCUT2D eigenvalue weighted by molar-refractivity contribution is 9.10. The van der Waals surface area contributed by atoms with Gasteiger partial charge >= 0.3 is 0 Å². The van der Waals surface area contributed by atoms with Crippen LogP contribution in [0.5, 0.6) is 0 Å². The van der Waals surface area contributed by atoms with Crippen molar-refractivity contribution in [2.24, 2.45) is 0 Å². The number of hydrogen-bond donors (Lipinski definition) is 1. The van der Waals surface area contributed by atoms with Crippen LogP contribution < -0.4 is 5.56 Å². The fraction of sp³-hybridized carbons (Fsp3) is 0.111. The largest absolute Gasteiger partial charge is 0.310 e. The topological polar surface area (TPSA) is 86.8 Å². The third kappa shape index (κ3) is 2.87. The minimum absolute atomic E-state index is 0.245. The van der Waals surface area contributed by atoms with Crippen LogP contribution in [0.2, 0.25) is 5.02 Å². The van der Waals surface area contributed by atoms with E-state index in [0.717, 1.165) is 16.9 Å². The van der Waals surface area contributed by atoms with Gasteiger partial charge in [0.1, 0.15) is 17.5 Å². The molecule has 0 aliphatic carbocycles. The highest BCUT2D eigenvalue weighted by Crippen LogP contribution is 2.26. The fourth-order valence-electron chi connectivity index (χ4n) is 2.82. The number of nitriles is 1. The molecule has 4 rings (SSSR count). The molecule has 0 atom stereocenters. The predicted octanol–water partition coefficient (Wildman–Crippen LogP) is 3.76. The van der Waals surface area contributed by atoms with Gasteiger partial charge in [0.15, 0.2) is 0 Å². The first kappa shape index (κ1) is 16.8. The van der Waals surface area contributed by atoms with Crippen LogP contribution in [0.15, 0.2) is 39.9 Å². The zero-order valence-corrected chi connectivity index (χ0v) is 15.9. The molecule has 0 saturated carbocycles. The predicted molar refractivity (Wildman–Crippen MR) is 103 cm³/mol. The third-order valence-corrected chi connectivity index (χ3v) is 5.31. The first-order valence-corrected chi connectivity index (χ1v) is 8.88. The number of hydrogen-bond acceptors (Lipinski definition) is 4. The number of benzene rings is 1. The summed E-state index contributed by atoms with van der Waals surface area (Å²) in [7, 11) is 0. The summed E-state index contributed by atoms with van der Waals surface area (Å²) in [5.41, 5.74) is 3.28. The van der Waals surface area contributed by atoms with E-state index in [-0.39, 0.29) is 5.56 Å². The van der Waals surface area contributed by atoms with E-state index in [1.807, 2.05) is 19.2 Å². The van der Waals surface area contributed by atoms with Crippen LogP contribution in [0.25, 0.3) is 16.6 Å². The van der Waals surface area contributed by atoms with E-state index < -0.39 is 0 Å². The van der Waals surface area contributed by atoms with Crippen molar-refractivity contribution in [2.75, 3.05) is 0 Å². The lowest BCUT2D eigenvalue weighted by atomic mass is 10.2. The minimum Gasteiger partial charge on any atom is -0.310 e. The molecule has 26 heavy (non-hydrogen) atoms. The number of aromatic amines is 1. The molecule has 3 heterocycles. The van der Waals surface area contributed by atoms with Gasteiger partial charge < -0.3 is 9.38 Å². The average Bonchev–Trinajstić information content (AvgIpc) is 2.97. The Morgan fingerprint density at radius 1 is 1.31 bits per heavy atom. The number of nitrogens with zero attached hydrogens (tertiary/aromatic N) is 4. The maximum atomic E-state index is 12.3. The summed E-state index contributed by atoms with van der Waals surface area (Å²) in [6, 6.07) is 7.33. The average molecular weight is 429 g/mol. The molecule has 3 aromatic heterocycles. The molecule has 6 nitrogen and oxygen atoms in total. The van der Waals surface area contributed by atoms with E-state index in [0.29, 0.717) is 38.2 Å². The molecule has 4 aromatic rings. The van der Waals surface area contributed by atoms with Crippen molar-refractivity contribution in [3.05, 3.63) is 73.1 Å². The van der Waals surface area contributed by atoms with Crippen molar-refractivity contribution >= 4 is 44.1 Å². The van der Waals surface area contributed by atoms with Crippen molar-refractivity contribution < 1.29 is 0 Å². The summed E-state index contributed by atoms with van der Waals surface area (Å²) in [4.78, 5) is 24.2. The summed E-state index contributed by atoms with van der Waals surface area (Å²) < 4.78 is 2.49. The van der Waals surface area contributed by atoms with Crippen LogP contribution in [0, 0.1) is 18.3 Å². The molecular formula is C18H11BrClN5O. The quantitative estimate of drug-likeness (QED) is 0.527. The molecule has 1 aromatic carbocycles. The first-order chi connectivity index (χ1) is 12.4. The van der Waals surface area contributed by atoms with Crippen molar-refractivity contribution in [1.29, 1.82) is 5.26 Å². The van der Waals surface area contributed by atoms with Crippen molar-refractivity contribution in [3.8, 4) is 6.07 Å². The highest BCUT2D eigenvalue weighted by atomic mass is 79.9. The number of rotatable bonds is 2. The van der Waals surface area contributed by atoms with E-state index in [1.165, 1.54) is 0 Å². The number of fused-ring (bicyclic) bond motifs is 2. The van der Waals surface area contributed by atoms with Gasteiger partial charge in [0, 0.05) is 23.3 Å². The second kappa shape index (κ2) is 6.24. The Morgan fingerprint density at radius 2 is 2.12 bits per heavy atom. The SMILES string of the molecule is Cc1cc2nc(Cc3nc4cc(Br)c(Cl)cc4c(=O)[nH]3)cn2cc1C#N. The standard InChI is InChI=1S/C18H11BrClN5O/c1-9-2-17-22-11(8-25(17)7-10(9)6-21)3-16-23-15-5-13(19)14(20)4-12(15)18(26)24-16/h2,4-5,7-8H,3H2,1H3,(H,23,24,26). The Kier molecular flexibility index (Phi) is 4.02. The minimum atomic E-state index is -0.245. The first-order valence-electron chi connectivity index (χ1n) is 7.71. The maximum absolute atomic E-state index is 12.3. The Hall–Kier alpha value is -2.69. The van der Waals surface area contributed by atoms with Crippen molar-refractivity contribution in [2.45, 2.75) is 13.3 Å². The van der Waals surface area contributed by atoms with Crippen molar-refractivity contribution in [3.63, 3.8) is 0 Å². The monoisotopic (exact) mass is 427 g/mol. The van der Waals surface area contributed by atoms with Crippen LogP contribution in [0.3, 0.4) is 0 Å². The zero-order valence-electron chi connectivity index (χ0n) is 13.5. The molecule has 128 valence electrons. The lowest BCUT2D eigenvalue weighted by Crippen LogP contribution is -2.12. The second-order valence-electron chi connectivity index (χ2n) is 5.95. The molecule has 0 saturated heterocycles. The normalized spacial score (nSPS) is 11.2. The lowest BCUT2D eigenvalue weighted by Gasteiger charge is -2.03. The molecule has 0 spiro atoms. The number of imidazole rings is 1. The molecule has 8 heteroatoms. The van der Waals surface area contributed by atoms with Gasteiger partial charge in [0.05, 0.1) is 27.2 Å². The molecule has 0 amide bonds. The Labute approximate surface area is 161 Å². The Morgan fingerprint density at radius 3 is 2.88 bits per heavy atom. The number of H-pyrrole nitrogens is 1. The van der Waals surface area contributed by atoms with Gasteiger partial charge in [-0.25, -0.2) is 9.97 Å². The van der Waals surface area contributed by atoms with Crippen LogP contribution in [0.1, 0.15) is 22.6 Å². The maximum Gasteiger partial charge on any atom is 0.258 e. The molecule has 0 bridgehead atoms. The van der Waals surface area contributed by atoms with E-state index in [1.54, 1.807) is 22.7 Å². The zero-order chi connectivity index (χ0) is 18.4. The Balaban J connectivity index is 1.77. The number of halogens is 2. The van der Waals surface area contributed by atoms with E-state index in [4.69, 9.17) is 16.9 Å². The van der Waals surface area contributed by atoms with Gasteiger partial charge in [-0.3, -0.25) is 4.79 Å². The molecule has 0 radical (unpaired) electrons. The van der Waals surface area contributed by atoms with Crippen LogP contribution in [-0.4, -0.2) is 19.4 Å². The van der Waals surface area contributed by atoms with E-state index in [2.05, 4.69) is 37.0 Å². The van der Waals surface area contributed by atoms with Crippen LogP contribution >= 0.6 is 27.5 Å². The highest BCUT2D eigenvalue weighted by Gasteiger charge is 2.11. The van der Waals surface area contributed by atoms with Gasteiger partial charge in [-0.1, -0.05) is 11.6 Å². The van der Waals surface area contributed by atoms with Crippen LogP contribution in [-0.2, 0) is 6.42 Å². The summed E-state index contributed by atoms with van der Waals surface area (Å²) >= 11 is 9.40. The second-order valence-corrected chi connectivity index (χ2v) is 7.21. The number of pyridine rings is 1. The fourth-order valence-corrected chi connectivity index (χ4v) is 3.32. The van der Waals surface area contributed by atoms with Gasteiger partial charge in [-0.15, -0.1) is 0 Å². The van der Waals surface area contributed by atoms with Gasteiger partial charge in [-0.05, 0) is 46.6 Å². The van der Waals surface area contributed by atoms with Crippen LogP contribution in [0.4, 0.5) is 0 Å². The molecule has 0 unspecified atom stereocenters. The lowest BCUT2D eigenvalue weighted by molar-refractivity contribution is 0.950. The molecule has 0 aliphatic rings. The molecule has 0 fully saturated rings. The van der Waals surface area contributed by atoms with Gasteiger partial charge in [0.25, 0.3) is 5.56 Å². The molecular weight excluding hydrogens is 418 g/mol. The van der Waals surface area contributed by atoms with Gasteiger partial charge in [-0.2, -0.15) is 5.26 Å². The number of aromatic nitrogens is 4.